The van der Waals surface area contributed by atoms with Gasteiger partial charge in [0.1, 0.15) is 11.3 Å². The van der Waals surface area contributed by atoms with Gasteiger partial charge in [0.05, 0.1) is 16.9 Å². The van der Waals surface area contributed by atoms with Crippen molar-refractivity contribution in [1.29, 1.82) is 0 Å². The molecule has 4 nitrogen and oxygen atoms in total. The number of rotatable bonds is 1. The Morgan fingerprint density at radius 3 is 2.91 bits per heavy atom. The Balaban J connectivity index is 1.68. The fourth-order valence-corrected chi connectivity index (χ4v) is 3.92. The van der Waals surface area contributed by atoms with Crippen molar-refractivity contribution in [2.75, 3.05) is 5.43 Å². The van der Waals surface area contributed by atoms with Gasteiger partial charge in [-0.3, -0.25) is 10.9 Å². The van der Waals surface area contributed by atoms with Crippen LogP contribution in [-0.4, -0.2) is 11.3 Å². The largest absolute Gasteiger partial charge is 0.296 e. The fraction of sp³-hybridized carbons (Fsp3) is 0. The average Bonchev–Trinajstić information content (AvgIpc) is 2.99. The van der Waals surface area contributed by atoms with Crippen molar-refractivity contribution in [3.8, 4) is 11.3 Å². The minimum absolute atomic E-state index is 0.992. The number of nitrogens with one attached hydrogen (secondary N) is 2. The molecule has 0 fully saturated rings. The summed E-state index contributed by atoms with van der Waals surface area (Å²) < 4.78 is 1.20. The van der Waals surface area contributed by atoms with E-state index in [0.29, 0.717) is 0 Å². The van der Waals surface area contributed by atoms with Crippen LogP contribution in [0, 0.1) is 0 Å². The van der Waals surface area contributed by atoms with E-state index in [1.807, 2.05) is 18.2 Å². The van der Waals surface area contributed by atoms with Crippen molar-refractivity contribution in [1.82, 2.24) is 10.4 Å². The number of nitrogens with zero attached hydrogens (tertiary/aromatic N) is 2. The van der Waals surface area contributed by atoms with Gasteiger partial charge in [0.15, 0.2) is 0 Å². The summed E-state index contributed by atoms with van der Waals surface area (Å²) in [6.45, 7) is 0. The number of pyridine rings is 1. The molecule has 0 aliphatic carbocycles. The van der Waals surface area contributed by atoms with E-state index >= 15 is 0 Å². The van der Waals surface area contributed by atoms with Crippen LogP contribution in [0.4, 0.5) is 10.7 Å². The summed E-state index contributed by atoms with van der Waals surface area (Å²) in [6, 6.07) is 18.8. The summed E-state index contributed by atoms with van der Waals surface area (Å²) in [6.07, 6.45) is 1.67. The quantitative estimate of drug-likeness (QED) is 0.535. The Hall–Kier alpha value is -2.92. The van der Waals surface area contributed by atoms with Gasteiger partial charge in [-0.05, 0) is 18.2 Å². The SMILES string of the molecule is C1=Nc2sc3cc(-c4ccc5ccccc5n4)ccc3c2NN1. The minimum Gasteiger partial charge on any atom is -0.296 e. The summed E-state index contributed by atoms with van der Waals surface area (Å²) in [5, 5.41) is 3.34. The van der Waals surface area contributed by atoms with Crippen LogP contribution >= 0.6 is 11.3 Å². The molecule has 0 saturated carbocycles. The molecule has 3 heterocycles. The van der Waals surface area contributed by atoms with E-state index in [1.165, 1.54) is 10.1 Å². The molecule has 0 atom stereocenters. The third-order valence-corrected chi connectivity index (χ3v) is 5.07. The molecular formula is C18H12N4S. The number of hydrogen-bond acceptors (Lipinski definition) is 5. The standard InChI is InChI=1S/C18H12N4S/c1-2-4-14-11(3-1)6-8-15(21-14)12-5-7-13-16(9-12)23-18-17(13)22-20-10-19-18/h1-10,22H,(H,19,20). The Morgan fingerprint density at radius 2 is 1.91 bits per heavy atom. The third kappa shape index (κ3) is 1.98. The second kappa shape index (κ2) is 4.79. The molecule has 0 radical (unpaired) electrons. The molecule has 2 aromatic heterocycles. The molecule has 5 rings (SSSR count). The molecule has 1 aliphatic rings. The first kappa shape index (κ1) is 12.6. The Bertz CT molecular complexity index is 1080. The number of thiophene rings is 1. The van der Waals surface area contributed by atoms with Gasteiger partial charge < -0.3 is 0 Å². The number of fused-ring (bicyclic) bond motifs is 4. The maximum Gasteiger partial charge on any atom is 0.144 e. The molecule has 0 unspecified atom stereocenters. The summed E-state index contributed by atoms with van der Waals surface area (Å²) >= 11 is 1.68. The van der Waals surface area contributed by atoms with Crippen LogP contribution in [0.2, 0.25) is 0 Å². The zero-order chi connectivity index (χ0) is 15.2. The molecule has 4 aromatic rings. The molecule has 0 bridgehead atoms. The van der Waals surface area contributed by atoms with Gasteiger partial charge in [0.2, 0.25) is 0 Å². The number of hydrazine groups is 1. The minimum atomic E-state index is 0.992. The summed E-state index contributed by atoms with van der Waals surface area (Å²) in [7, 11) is 0. The van der Waals surface area contributed by atoms with E-state index in [1.54, 1.807) is 17.7 Å². The summed E-state index contributed by atoms with van der Waals surface area (Å²) in [5.41, 5.74) is 10.3. The maximum absolute atomic E-state index is 4.78. The normalized spacial score (nSPS) is 12.9. The van der Waals surface area contributed by atoms with Crippen LogP contribution in [0.5, 0.6) is 0 Å². The number of para-hydroxylation sites is 1. The van der Waals surface area contributed by atoms with E-state index in [-0.39, 0.29) is 0 Å². The molecule has 2 aromatic carbocycles. The number of aromatic nitrogens is 1. The molecule has 2 N–H and O–H groups in total. The van der Waals surface area contributed by atoms with E-state index in [2.05, 4.69) is 52.2 Å². The maximum atomic E-state index is 4.78. The van der Waals surface area contributed by atoms with Crippen molar-refractivity contribution in [2.24, 2.45) is 4.99 Å². The fourth-order valence-electron chi connectivity index (χ4n) is 2.88. The lowest BCUT2D eigenvalue weighted by Gasteiger charge is -2.09. The first-order valence-corrected chi connectivity index (χ1v) is 8.17. The zero-order valence-electron chi connectivity index (χ0n) is 12.1. The average molecular weight is 316 g/mol. The highest BCUT2D eigenvalue weighted by atomic mass is 32.1. The second-order valence-electron chi connectivity index (χ2n) is 5.41. The lowest BCUT2D eigenvalue weighted by molar-refractivity contribution is 1.14. The number of hydrogen-bond donors (Lipinski definition) is 2. The van der Waals surface area contributed by atoms with Gasteiger partial charge in [-0.2, -0.15) is 0 Å². The molecule has 0 saturated heterocycles. The van der Waals surface area contributed by atoms with Crippen LogP contribution in [0.25, 0.3) is 32.2 Å². The Kier molecular flexibility index (Phi) is 2.63. The van der Waals surface area contributed by atoms with Gasteiger partial charge in [-0.15, -0.1) is 11.3 Å². The van der Waals surface area contributed by atoms with Crippen LogP contribution in [0.1, 0.15) is 0 Å². The van der Waals surface area contributed by atoms with E-state index in [0.717, 1.165) is 32.8 Å². The van der Waals surface area contributed by atoms with Crippen molar-refractivity contribution in [3.63, 3.8) is 0 Å². The monoisotopic (exact) mass is 316 g/mol. The van der Waals surface area contributed by atoms with Crippen molar-refractivity contribution < 1.29 is 0 Å². The molecular weight excluding hydrogens is 304 g/mol. The van der Waals surface area contributed by atoms with Crippen molar-refractivity contribution >= 4 is 49.4 Å². The lowest BCUT2D eigenvalue weighted by Crippen LogP contribution is -2.21. The van der Waals surface area contributed by atoms with Crippen LogP contribution < -0.4 is 10.9 Å². The van der Waals surface area contributed by atoms with Gasteiger partial charge in [-0.25, -0.2) is 9.98 Å². The topological polar surface area (TPSA) is 49.3 Å². The first-order chi connectivity index (χ1) is 11.4. The van der Waals surface area contributed by atoms with Crippen LogP contribution in [-0.2, 0) is 0 Å². The molecule has 0 spiro atoms. The summed E-state index contributed by atoms with van der Waals surface area (Å²) in [4.78, 5) is 9.16. The predicted molar refractivity (Wildman–Crippen MR) is 97.5 cm³/mol. The number of anilines is 1. The second-order valence-corrected chi connectivity index (χ2v) is 6.44. The van der Waals surface area contributed by atoms with Crippen LogP contribution in [0.15, 0.2) is 59.6 Å². The van der Waals surface area contributed by atoms with E-state index in [9.17, 15) is 0 Å². The Morgan fingerprint density at radius 1 is 0.957 bits per heavy atom. The number of benzene rings is 2. The smallest absolute Gasteiger partial charge is 0.144 e. The predicted octanol–water partition coefficient (Wildman–Crippen LogP) is 4.71. The van der Waals surface area contributed by atoms with Crippen molar-refractivity contribution in [2.45, 2.75) is 0 Å². The molecule has 5 heteroatoms. The van der Waals surface area contributed by atoms with Gasteiger partial charge in [-0.1, -0.05) is 36.4 Å². The van der Waals surface area contributed by atoms with E-state index < -0.39 is 0 Å². The zero-order valence-corrected chi connectivity index (χ0v) is 12.9. The highest BCUT2D eigenvalue weighted by molar-refractivity contribution is 7.23. The molecule has 0 amide bonds. The number of aliphatic imine (C=N–C) groups is 1. The van der Waals surface area contributed by atoms with E-state index in [4.69, 9.17) is 4.98 Å². The third-order valence-electron chi connectivity index (χ3n) is 4.01. The highest BCUT2D eigenvalue weighted by Gasteiger charge is 2.14. The Labute approximate surface area is 136 Å². The van der Waals surface area contributed by atoms with Gasteiger partial charge in [0.25, 0.3) is 0 Å². The molecule has 23 heavy (non-hydrogen) atoms. The van der Waals surface area contributed by atoms with Crippen LogP contribution in [0.3, 0.4) is 0 Å². The van der Waals surface area contributed by atoms with Gasteiger partial charge >= 0.3 is 0 Å². The van der Waals surface area contributed by atoms with Crippen molar-refractivity contribution in [3.05, 3.63) is 54.6 Å². The highest BCUT2D eigenvalue weighted by Crippen LogP contribution is 2.43. The summed E-state index contributed by atoms with van der Waals surface area (Å²) in [5.74, 6) is 0. The molecule has 110 valence electrons. The lowest BCUT2D eigenvalue weighted by atomic mass is 10.1. The molecule has 1 aliphatic heterocycles. The first-order valence-electron chi connectivity index (χ1n) is 7.35. The van der Waals surface area contributed by atoms with Gasteiger partial charge in [0, 0.05) is 21.0 Å².